The predicted molar refractivity (Wildman–Crippen MR) is 86.0 cm³/mol. The first-order valence-corrected chi connectivity index (χ1v) is 7.34. The molecule has 1 aliphatic rings. The van der Waals surface area contributed by atoms with E-state index in [9.17, 15) is 14.7 Å². The molecule has 1 N–H and O–H groups in total. The zero-order chi connectivity index (χ0) is 17.1. The molecule has 1 atom stereocenters. The fourth-order valence-corrected chi connectivity index (χ4v) is 2.48. The van der Waals surface area contributed by atoms with Gasteiger partial charge in [0.2, 0.25) is 0 Å². The lowest BCUT2D eigenvalue weighted by molar-refractivity contribution is 0.0457. The number of ether oxygens (including phenoxy) is 1. The second-order valence-electron chi connectivity index (χ2n) is 5.34. The molecule has 0 saturated carbocycles. The third-order valence-electron chi connectivity index (χ3n) is 3.68. The highest BCUT2D eigenvalue weighted by Gasteiger charge is 2.36. The molecule has 2 aromatic carbocycles. The fourth-order valence-electron chi connectivity index (χ4n) is 2.48. The first-order valence-electron chi connectivity index (χ1n) is 7.34. The minimum atomic E-state index is -1.01. The van der Waals surface area contributed by atoms with E-state index >= 15 is 0 Å². The Balaban J connectivity index is 1.59. The molecule has 0 unspecified atom stereocenters. The minimum absolute atomic E-state index is 0.0647. The molecule has 24 heavy (non-hydrogen) atoms. The molecule has 120 valence electrons. The number of carbonyl (C=O) groups excluding carboxylic acids is 2. The van der Waals surface area contributed by atoms with Gasteiger partial charge in [0.05, 0.1) is 24.2 Å². The zero-order valence-electron chi connectivity index (χ0n) is 12.7. The number of hydrogen-bond acceptors (Lipinski definition) is 4. The van der Waals surface area contributed by atoms with Crippen LogP contribution in [0.4, 0.5) is 5.69 Å². The van der Waals surface area contributed by atoms with Crippen LogP contribution in [0.1, 0.15) is 20.7 Å². The number of fused-ring (bicyclic) bond motifs is 1. The fraction of sp³-hybridized carbons (Fsp3) is 0.167. The van der Waals surface area contributed by atoms with Gasteiger partial charge in [0.25, 0.3) is 11.8 Å². The number of β-amino-alcohol motifs (C(OH)–C–C–N with tert-alkyl or cyclic N) is 1. The Hall–Kier alpha value is -3.17. The summed E-state index contributed by atoms with van der Waals surface area (Å²) >= 11 is 0. The summed E-state index contributed by atoms with van der Waals surface area (Å²) in [5.74, 6) is -0.309. The van der Waals surface area contributed by atoms with Crippen LogP contribution in [-0.4, -0.2) is 41.1 Å². The molecule has 0 aromatic heterocycles. The van der Waals surface area contributed by atoms with Gasteiger partial charge in [-0.05, 0) is 24.3 Å². The molecule has 6 heteroatoms. The number of benzene rings is 2. The summed E-state index contributed by atoms with van der Waals surface area (Å²) in [5.41, 5.74) is 1.20. The van der Waals surface area contributed by atoms with Gasteiger partial charge < -0.3 is 9.84 Å². The Morgan fingerprint density at radius 1 is 1.04 bits per heavy atom. The maximum absolute atomic E-state index is 12.2. The molecule has 3 rings (SSSR count). The SMILES string of the molecule is [C-]#[N+]c1ccc(OC[C@H](O)CN2C(=O)c3ccccc3C2=O)cc1. The molecule has 0 spiro atoms. The van der Waals surface area contributed by atoms with Crippen molar-refractivity contribution in [3.05, 3.63) is 71.1 Å². The van der Waals surface area contributed by atoms with E-state index in [4.69, 9.17) is 11.3 Å². The molecule has 6 nitrogen and oxygen atoms in total. The van der Waals surface area contributed by atoms with Gasteiger partial charge in [-0.15, -0.1) is 0 Å². The third-order valence-corrected chi connectivity index (χ3v) is 3.68. The summed E-state index contributed by atoms with van der Waals surface area (Å²) in [6.07, 6.45) is -1.01. The van der Waals surface area contributed by atoms with E-state index in [1.54, 1.807) is 48.5 Å². The van der Waals surface area contributed by atoms with E-state index in [0.717, 1.165) is 4.90 Å². The van der Waals surface area contributed by atoms with Gasteiger partial charge in [-0.3, -0.25) is 14.5 Å². The summed E-state index contributed by atoms with van der Waals surface area (Å²) in [7, 11) is 0. The van der Waals surface area contributed by atoms with Crippen molar-refractivity contribution < 1.29 is 19.4 Å². The number of nitrogens with zero attached hydrogens (tertiary/aromatic N) is 2. The molecule has 0 bridgehead atoms. The summed E-state index contributed by atoms with van der Waals surface area (Å²) in [5, 5.41) is 10.1. The van der Waals surface area contributed by atoms with E-state index in [0.29, 0.717) is 22.6 Å². The van der Waals surface area contributed by atoms with E-state index in [1.807, 2.05) is 0 Å². The van der Waals surface area contributed by atoms with Gasteiger partial charge in [0.15, 0.2) is 5.69 Å². The minimum Gasteiger partial charge on any atom is -0.491 e. The highest BCUT2D eigenvalue weighted by molar-refractivity contribution is 6.21. The molecule has 0 aliphatic carbocycles. The van der Waals surface area contributed by atoms with E-state index in [1.165, 1.54) is 0 Å². The maximum atomic E-state index is 12.2. The highest BCUT2D eigenvalue weighted by Crippen LogP contribution is 2.23. The zero-order valence-corrected chi connectivity index (χ0v) is 12.7. The molecular formula is C18H14N2O4. The molecule has 2 amide bonds. The largest absolute Gasteiger partial charge is 0.491 e. The lowest BCUT2D eigenvalue weighted by Gasteiger charge is -2.18. The van der Waals surface area contributed by atoms with Gasteiger partial charge in [-0.1, -0.05) is 24.3 Å². The van der Waals surface area contributed by atoms with Crippen molar-refractivity contribution in [2.24, 2.45) is 0 Å². The smallest absolute Gasteiger partial charge is 0.261 e. The molecule has 2 aromatic rings. The predicted octanol–water partition coefficient (Wildman–Crippen LogP) is 2.27. The van der Waals surface area contributed by atoms with Gasteiger partial charge in [0, 0.05) is 0 Å². The lowest BCUT2D eigenvalue weighted by Crippen LogP contribution is -2.39. The second-order valence-corrected chi connectivity index (χ2v) is 5.34. The molecule has 1 aliphatic heterocycles. The van der Waals surface area contributed by atoms with Crippen LogP contribution >= 0.6 is 0 Å². The number of imide groups is 1. The Morgan fingerprint density at radius 3 is 2.17 bits per heavy atom. The quantitative estimate of drug-likeness (QED) is 0.677. The number of amides is 2. The normalized spacial score (nSPS) is 14.2. The van der Waals surface area contributed by atoms with Crippen LogP contribution in [0.3, 0.4) is 0 Å². The van der Waals surface area contributed by atoms with Crippen LogP contribution in [-0.2, 0) is 0 Å². The Kier molecular flexibility index (Phi) is 4.27. The van der Waals surface area contributed by atoms with Gasteiger partial charge in [-0.2, -0.15) is 0 Å². The number of aliphatic hydroxyl groups excluding tert-OH is 1. The molecule has 1 heterocycles. The molecule has 0 saturated heterocycles. The Morgan fingerprint density at radius 2 is 1.62 bits per heavy atom. The third kappa shape index (κ3) is 2.98. The first kappa shape index (κ1) is 15.7. The summed E-state index contributed by atoms with van der Waals surface area (Å²) in [6, 6.07) is 13.1. The van der Waals surface area contributed by atoms with Crippen LogP contribution < -0.4 is 4.74 Å². The summed E-state index contributed by atoms with van der Waals surface area (Å²) in [4.78, 5) is 28.7. The Bertz CT molecular complexity index is 789. The van der Waals surface area contributed by atoms with Crippen molar-refractivity contribution >= 4 is 17.5 Å². The van der Waals surface area contributed by atoms with E-state index in [-0.39, 0.29) is 13.2 Å². The van der Waals surface area contributed by atoms with Crippen molar-refractivity contribution in [3.8, 4) is 5.75 Å². The summed E-state index contributed by atoms with van der Waals surface area (Å²) in [6.45, 7) is 6.68. The van der Waals surface area contributed by atoms with Crippen LogP contribution in [0.5, 0.6) is 5.75 Å². The highest BCUT2D eigenvalue weighted by atomic mass is 16.5. The number of carbonyl (C=O) groups is 2. The number of hydrogen-bond donors (Lipinski definition) is 1. The van der Waals surface area contributed by atoms with Crippen molar-refractivity contribution in [1.29, 1.82) is 0 Å². The summed E-state index contributed by atoms with van der Waals surface area (Å²) < 4.78 is 5.42. The van der Waals surface area contributed by atoms with E-state index in [2.05, 4.69) is 4.85 Å². The van der Waals surface area contributed by atoms with Gasteiger partial charge >= 0.3 is 0 Å². The average Bonchev–Trinajstić information content (AvgIpc) is 2.86. The van der Waals surface area contributed by atoms with Crippen molar-refractivity contribution in [1.82, 2.24) is 4.90 Å². The average molecular weight is 322 g/mol. The number of aliphatic hydroxyl groups is 1. The molecule has 0 radical (unpaired) electrons. The van der Waals surface area contributed by atoms with Crippen molar-refractivity contribution in [3.63, 3.8) is 0 Å². The monoisotopic (exact) mass is 322 g/mol. The molecule has 0 fully saturated rings. The van der Waals surface area contributed by atoms with Crippen LogP contribution in [0.2, 0.25) is 0 Å². The standard InChI is InChI=1S/C18H14N2O4/c1-19-12-6-8-14(9-7-12)24-11-13(21)10-20-17(22)15-4-2-3-5-16(15)18(20)23/h2-9,13,21H,10-11H2/t13-/m1/s1. The van der Waals surface area contributed by atoms with Crippen molar-refractivity contribution in [2.45, 2.75) is 6.10 Å². The Labute approximate surface area is 138 Å². The maximum Gasteiger partial charge on any atom is 0.261 e. The van der Waals surface area contributed by atoms with Gasteiger partial charge in [0.1, 0.15) is 18.5 Å². The van der Waals surface area contributed by atoms with Crippen LogP contribution in [0.15, 0.2) is 48.5 Å². The van der Waals surface area contributed by atoms with Crippen LogP contribution in [0, 0.1) is 6.57 Å². The first-order chi connectivity index (χ1) is 11.6. The lowest BCUT2D eigenvalue weighted by atomic mass is 10.1. The van der Waals surface area contributed by atoms with Crippen LogP contribution in [0.25, 0.3) is 4.85 Å². The molecular weight excluding hydrogens is 308 g/mol. The van der Waals surface area contributed by atoms with Gasteiger partial charge in [-0.25, -0.2) is 4.85 Å². The topological polar surface area (TPSA) is 71.2 Å². The number of rotatable bonds is 5. The van der Waals surface area contributed by atoms with Crippen molar-refractivity contribution in [2.75, 3.05) is 13.2 Å². The second kappa shape index (κ2) is 6.52. The van der Waals surface area contributed by atoms with E-state index < -0.39 is 17.9 Å².